The summed E-state index contributed by atoms with van der Waals surface area (Å²) in [5.74, 6) is 0.214. The standard InChI is InChI=1S/C22H27N3O4/c1-28-15-21(26)23-18-11-10-17(29-2)13-19(18)24-22(27)20-9-6-12-25(20)14-16-7-4-3-5-8-16/h3-5,7-8,10-11,13,20H,6,9,12,14-15H2,1-2H3,(H,23,26)(H,24,27)/t20-/m0/s1. The van der Waals surface area contributed by atoms with Crippen LogP contribution in [0.4, 0.5) is 11.4 Å². The molecule has 0 unspecified atom stereocenters. The molecule has 29 heavy (non-hydrogen) atoms. The number of likely N-dealkylation sites (tertiary alicyclic amines) is 1. The molecule has 1 heterocycles. The highest BCUT2D eigenvalue weighted by atomic mass is 16.5. The van der Waals surface area contributed by atoms with E-state index in [2.05, 4.69) is 27.7 Å². The molecule has 3 rings (SSSR count). The first-order valence-electron chi connectivity index (χ1n) is 9.66. The summed E-state index contributed by atoms with van der Waals surface area (Å²) in [6, 6.07) is 15.1. The largest absolute Gasteiger partial charge is 0.497 e. The molecule has 2 aromatic carbocycles. The van der Waals surface area contributed by atoms with Crippen LogP contribution < -0.4 is 15.4 Å². The molecule has 7 heteroatoms. The second-order valence-corrected chi connectivity index (χ2v) is 7.00. The monoisotopic (exact) mass is 397 g/mol. The number of carbonyl (C=O) groups is 2. The molecule has 7 nitrogen and oxygen atoms in total. The number of hydrogen-bond acceptors (Lipinski definition) is 5. The number of amides is 2. The fraction of sp³-hybridized carbons (Fsp3) is 0.364. The van der Waals surface area contributed by atoms with E-state index in [0.29, 0.717) is 17.1 Å². The van der Waals surface area contributed by atoms with E-state index in [9.17, 15) is 9.59 Å². The molecule has 0 aliphatic carbocycles. The van der Waals surface area contributed by atoms with Gasteiger partial charge in [-0.1, -0.05) is 30.3 Å². The van der Waals surface area contributed by atoms with Gasteiger partial charge in [0.1, 0.15) is 12.4 Å². The lowest BCUT2D eigenvalue weighted by molar-refractivity contribution is -0.121. The van der Waals surface area contributed by atoms with Gasteiger partial charge in [-0.2, -0.15) is 0 Å². The number of anilines is 2. The molecule has 2 N–H and O–H groups in total. The molecule has 0 bridgehead atoms. The second-order valence-electron chi connectivity index (χ2n) is 7.00. The third-order valence-electron chi connectivity index (χ3n) is 4.93. The van der Waals surface area contributed by atoms with Gasteiger partial charge in [0.05, 0.1) is 24.5 Å². The predicted octanol–water partition coefficient (Wildman–Crippen LogP) is 2.88. The summed E-state index contributed by atoms with van der Waals surface area (Å²) < 4.78 is 10.1. The lowest BCUT2D eigenvalue weighted by Crippen LogP contribution is -2.39. The van der Waals surface area contributed by atoms with E-state index in [-0.39, 0.29) is 24.5 Å². The summed E-state index contributed by atoms with van der Waals surface area (Å²) in [5, 5.41) is 5.74. The van der Waals surface area contributed by atoms with E-state index in [0.717, 1.165) is 25.9 Å². The van der Waals surface area contributed by atoms with Gasteiger partial charge in [-0.25, -0.2) is 0 Å². The Labute approximate surface area is 171 Å². The average Bonchev–Trinajstić information content (AvgIpc) is 3.18. The topological polar surface area (TPSA) is 79.9 Å². The smallest absolute Gasteiger partial charge is 0.250 e. The van der Waals surface area contributed by atoms with E-state index in [1.807, 2.05) is 18.2 Å². The van der Waals surface area contributed by atoms with Crippen LogP contribution in [0.2, 0.25) is 0 Å². The molecule has 154 valence electrons. The zero-order valence-electron chi connectivity index (χ0n) is 16.8. The number of methoxy groups -OCH3 is 2. The highest BCUT2D eigenvalue weighted by Crippen LogP contribution is 2.29. The first-order chi connectivity index (χ1) is 14.1. The lowest BCUT2D eigenvalue weighted by atomic mass is 10.1. The minimum atomic E-state index is -0.292. The summed E-state index contributed by atoms with van der Waals surface area (Å²) >= 11 is 0. The third-order valence-corrected chi connectivity index (χ3v) is 4.93. The molecule has 0 spiro atoms. The number of ether oxygens (including phenoxy) is 2. The summed E-state index contributed by atoms with van der Waals surface area (Å²) in [5.41, 5.74) is 2.19. The third kappa shape index (κ3) is 5.56. The van der Waals surface area contributed by atoms with Gasteiger partial charge in [0.2, 0.25) is 11.8 Å². The van der Waals surface area contributed by atoms with E-state index >= 15 is 0 Å². The van der Waals surface area contributed by atoms with Gasteiger partial charge in [0, 0.05) is 19.7 Å². The lowest BCUT2D eigenvalue weighted by Gasteiger charge is -2.24. The molecule has 2 amide bonds. The Kier molecular flexibility index (Phi) is 7.21. The number of rotatable bonds is 8. The summed E-state index contributed by atoms with van der Waals surface area (Å²) in [4.78, 5) is 27.2. The van der Waals surface area contributed by atoms with Crippen LogP contribution in [0.1, 0.15) is 18.4 Å². The fourth-order valence-electron chi connectivity index (χ4n) is 3.53. The van der Waals surface area contributed by atoms with Gasteiger partial charge in [0.15, 0.2) is 0 Å². The van der Waals surface area contributed by atoms with Crippen LogP contribution in [0.3, 0.4) is 0 Å². The SMILES string of the molecule is COCC(=O)Nc1ccc(OC)cc1NC(=O)[C@@H]1CCCN1Cc1ccccc1. The molecule has 2 aromatic rings. The van der Waals surface area contributed by atoms with Gasteiger partial charge in [-0.05, 0) is 37.1 Å². The maximum absolute atomic E-state index is 13.0. The van der Waals surface area contributed by atoms with E-state index in [4.69, 9.17) is 9.47 Å². The van der Waals surface area contributed by atoms with E-state index in [1.165, 1.54) is 12.7 Å². The number of carbonyl (C=O) groups excluding carboxylic acids is 2. The first-order valence-corrected chi connectivity index (χ1v) is 9.66. The van der Waals surface area contributed by atoms with Crippen molar-refractivity contribution >= 4 is 23.2 Å². The van der Waals surface area contributed by atoms with Crippen LogP contribution in [0.15, 0.2) is 48.5 Å². The van der Waals surface area contributed by atoms with Crippen molar-refractivity contribution in [3.8, 4) is 5.75 Å². The van der Waals surface area contributed by atoms with Crippen molar-refractivity contribution in [3.05, 3.63) is 54.1 Å². The molecule has 1 saturated heterocycles. The zero-order valence-corrected chi connectivity index (χ0v) is 16.8. The number of nitrogens with zero attached hydrogens (tertiary/aromatic N) is 1. The maximum atomic E-state index is 13.0. The van der Waals surface area contributed by atoms with Gasteiger partial charge >= 0.3 is 0 Å². The first kappa shape index (κ1) is 20.8. The predicted molar refractivity (Wildman–Crippen MR) is 112 cm³/mol. The van der Waals surface area contributed by atoms with Gasteiger partial charge in [0.25, 0.3) is 0 Å². The van der Waals surface area contributed by atoms with E-state index in [1.54, 1.807) is 25.3 Å². The van der Waals surface area contributed by atoms with Crippen LogP contribution in [0, 0.1) is 0 Å². The maximum Gasteiger partial charge on any atom is 0.250 e. The summed E-state index contributed by atoms with van der Waals surface area (Å²) in [7, 11) is 3.01. The Bertz CT molecular complexity index is 841. The van der Waals surface area contributed by atoms with Gasteiger partial charge < -0.3 is 20.1 Å². The van der Waals surface area contributed by atoms with Crippen LogP contribution in [-0.4, -0.2) is 50.1 Å². The molecule has 0 saturated carbocycles. The molecular weight excluding hydrogens is 370 g/mol. The van der Waals surface area contributed by atoms with Crippen molar-refractivity contribution < 1.29 is 19.1 Å². The molecule has 0 aromatic heterocycles. The Morgan fingerprint density at radius 2 is 1.86 bits per heavy atom. The van der Waals surface area contributed by atoms with Crippen LogP contribution in [-0.2, 0) is 20.9 Å². The second kappa shape index (κ2) is 10.0. The number of nitrogens with one attached hydrogen (secondary N) is 2. The Morgan fingerprint density at radius 1 is 1.07 bits per heavy atom. The molecular formula is C22H27N3O4. The number of benzene rings is 2. The van der Waals surface area contributed by atoms with Crippen molar-refractivity contribution in [3.63, 3.8) is 0 Å². The highest BCUT2D eigenvalue weighted by Gasteiger charge is 2.31. The summed E-state index contributed by atoms with van der Waals surface area (Å²) in [6.07, 6.45) is 1.77. The minimum absolute atomic E-state index is 0.0626. The van der Waals surface area contributed by atoms with Crippen molar-refractivity contribution in [2.24, 2.45) is 0 Å². The van der Waals surface area contributed by atoms with Gasteiger partial charge in [-0.15, -0.1) is 0 Å². The Morgan fingerprint density at radius 3 is 2.59 bits per heavy atom. The fourth-order valence-corrected chi connectivity index (χ4v) is 3.53. The molecule has 1 fully saturated rings. The minimum Gasteiger partial charge on any atom is -0.497 e. The normalized spacial score (nSPS) is 16.4. The van der Waals surface area contributed by atoms with Crippen LogP contribution in [0.5, 0.6) is 5.75 Å². The molecule has 0 radical (unpaired) electrons. The summed E-state index contributed by atoms with van der Waals surface area (Å²) in [6.45, 7) is 1.55. The highest BCUT2D eigenvalue weighted by molar-refractivity contribution is 6.02. The van der Waals surface area contributed by atoms with Crippen molar-refractivity contribution in [2.75, 3.05) is 38.0 Å². The molecule has 1 atom stereocenters. The molecule has 1 aliphatic rings. The van der Waals surface area contributed by atoms with Crippen molar-refractivity contribution in [2.45, 2.75) is 25.4 Å². The van der Waals surface area contributed by atoms with Crippen molar-refractivity contribution in [1.29, 1.82) is 0 Å². The molecule has 1 aliphatic heterocycles. The van der Waals surface area contributed by atoms with Gasteiger partial charge in [-0.3, -0.25) is 14.5 Å². The quantitative estimate of drug-likeness (QED) is 0.716. The average molecular weight is 397 g/mol. The van der Waals surface area contributed by atoms with Crippen LogP contribution in [0.25, 0.3) is 0 Å². The number of hydrogen-bond donors (Lipinski definition) is 2. The van der Waals surface area contributed by atoms with E-state index < -0.39 is 0 Å². The van der Waals surface area contributed by atoms with Crippen LogP contribution >= 0.6 is 0 Å². The Hall–Kier alpha value is -2.90. The zero-order chi connectivity index (χ0) is 20.6. The Balaban J connectivity index is 1.73. The van der Waals surface area contributed by atoms with Crippen molar-refractivity contribution in [1.82, 2.24) is 4.90 Å².